The molecule has 5 nitrogen and oxygen atoms in total. The summed E-state index contributed by atoms with van der Waals surface area (Å²) in [6.45, 7) is 1.53. The van der Waals surface area contributed by atoms with Crippen molar-refractivity contribution in [1.82, 2.24) is 4.90 Å². The number of ether oxygens (including phenoxy) is 1. The summed E-state index contributed by atoms with van der Waals surface area (Å²) in [6, 6.07) is 13.7. The molecule has 146 valence electrons. The van der Waals surface area contributed by atoms with Crippen molar-refractivity contribution < 1.29 is 22.7 Å². The molecule has 1 amide bonds. The molecule has 0 N–H and O–H groups in total. The van der Waals surface area contributed by atoms with Gasteiger partial charge in [-0.05, 0) is 36.4 Å². The molecule has 0 bridgehead atoms. The van der Waals surface area contributed by atoms with E-state index in [0.29, 0.717) is 43.2 Å². The van der Waals surface area contributed by atoms with Crippen molar-refractivity contribution in [3.8, 4) is 11.8 Å². The van der Waals surface area contributed by atoms with Crippen molar-refractivity contribution in [2.75, 3.05) is 37.7 Å². The third-order valence-corrected chi connectivity index (χ3v) is 4.50. The number of hydrogen-bond donors (Lipinski definition) is 0. The van der Waals surface area contributed by atoms with Gasteiger partial charge in [-0.1, -0.05) is 12.1 Å². The van der Waals surface area contributed by atoms with Gasteiger partial charge in [-0.15, -0.1) is 0 Å². The molecule has 1 aliphatic rings. The number of nitrogens with zero attached hydrogens (tertiary/aromatic N) is 3. The number of alkyl halides is 3. The smallest absolute Gasteiger partial charge is 0.416 e. The molecule has 0 spiro atoms. The molecule has 0 saturated carbocycles. The van der Waals surface area contributed by atoms with Crippen LogP contribution in [0.1, 0.15) is 11.1 Å². The van der Waals surface area contributed by atoms with Crippen molar-refractivity contribution in [3.63, 3.8) is 0 Å². The molecule has 0 aromatic heterocycles. The number of rotatable bonds is 4. The van der Waals surface area contributed by atoms with E-state index in [1.54, 1.807) is 35.2 Å². The van der Waals surface area contributed by atoms with E-state index in [9.17, 15) is 18.0 Å². The Balaban J connectivity index is 1.53. The number of carbonyl (C=O) groups excluding carboxylic acids is 1. The van der Waals surface area contributed by atoms with Gasteiger partial charge in [0.15, 0.2) is 6.61 Å². The molecule has 0 atom stereocenters. The van der Waals surface area contributed by atoms with Crippen LogP contribution in [-0.2, 0) is 11.0 Å². The highest BCUT2D eigenvalue weighted by atomic mass is 19.4. The van der Waals surface area contributed by atoms with E-state index < -0.39 is 11.7 Å². The molecule has 1 aliphatic heterocycles. The SMILES string of the molecule is N#Cc1cccc(OCC(=O)N2CCN(c3cccc(C(F)(F)F)c3)CC2)c1. The lowest BCUT2D eigenvalue weighted by Gasteiger charge is -2.36. The minimum Gasteiger partial charge on any atom is -0.484 e. The van der Waals surface area contributed by atoms with Crippen molar-refractivity contribution in [2.24, 2.45) is 0 Å². The lowest BCUT2D eigenvalue weighted by atomic mass is 10.1. The zero-order chi connectivity index (χ0) is 20.1. The van der Waals surface area contributed by atoms with Crippen molar-refractivity contribution in [3.05, 3.63) is 59.7 Å². The molecule has 28 heavy (non-hydrogen) atoms. The summed E-state index contributed by atoms with van der Waals surface area (Å²) >= 11 is 0. The summed E-state index contributed by atoms with van der Waals surface area (Å²) < 4.78 is 44.1. The van der Waals surface area contributed by atoms with Gasteiger partial charge in [0.25, 0.3) is 5.91 Å². The van der Waals surface area contributed by atoms with Crippen LogP contribution in [-0.4, -0.2) is 43.6 Å². The minimum atomic E-state index is -4.38. The predicted octanol–water partition coefficient (Wildman–Crippen LogP) is 3.30. The Bertz CT molecular complexity index is 885. The second-order valence-electron chi connectivity index (χ2n) is 6.34. The van der Waals surface area contributed by atoms with Crippen molar-refractivity contribution >= 4 is 11.6 Å². The minimum absolute atomic E-state index is 0.154. The maximum atomic E-state index is 12.9. The third-order valence-electron chi connectivity index (χ3n) is 4.50. The molecule has 0 radical (unpaired) electrons. The predicted molar refractivity (Wildman–Crippen MR) is 96.9 cm³/mol. The number of benzene rings is 2. The highest BCUT2D eigenvalue weighted by Crippen LogP contribution is 2.31. The van der Waals surface area contributed by atoms with Gasteiger partial charge in [0.2, 0.25) is 0 Å². The molecule has 1 saturated heterocycles. The van der Waals surface area contributed by atoms with Crippen molar-refractivity contribution in [1.29, 1.82) is 5.26 Å². The number of halogens is 3. The first-order chi connectivity index (χ1) is 13.4. The van der Waals surface area contributed by atoms with Crippen LogP contribution in [0.5, 0.6) is 5.75 Å². The fraction of sp³-hybridized carbons (Fsp3) is 0.300. The van der Waals surface area contributed by atoms with Gasteiger partial charge in [0, 0.05) is 31.9 Å². The maximum Gasteiger partial charge on any atom is 0.416 e. The topological polar surface area (TPSA) is 56.6 Å². The molecule has 3 rings (SSSR count). The standard InChI is InChI=1S/C20H18F3N3O2/c21-20(22,23)16-4-2-5-17(12-16)25-7-9-26(10-8-25)19(27)14-28-18-6-1-3-15(11-18)13-24/h1-6,11-12H,7-10,14H2. The van der Waals surface area contributed by atoms with E-state index in [4.69, 9.17) is 10.00 Å². The van der Waals surface area contributed by atoms with Crippen molar-refractivity contribution in [2.45, 2.75) is 6.18 Å². The Hall–Kier alpha value is -3.21. The number of carbonyl (C=O) groups is 1. The van der Waals surface area contributed by atoms with Gasteiger partial charge in [0.1, 0.15) is 5.75 Å². The highest BCUT2D eigenvalue weighted by molar-refractivity contribution is 5.78. The Labute approximate surface area is 160 Å². The van der Waals surface area contributed by atoms with Crippen LogP contribution in [0.2, 0.25) is 0 Å². The molecule has 2 aromatic rings. The molecule has 1 fully saturated rings. The summed E-state index contributed by atoms with van der Waals surface area (Å²) in [5, 5.41) is 8.88. The summed E-state index contributed by atoms with van der Waals surface area (Å²) in [4.78, 5) is 15.8. The lowest BCUT2D eigenvalue weighted by molar-refractivity contribution is -0.137. The van der Waals surface area contributed by atoms with Gasteiger partial charge in [-0.3, -0.25) is 4.79 Å². The van der Waals surface area contributed by atoms with E-state index in [1.165, 1.54) is 6.07 Å². The molecule has 0 unspecified atom stereocenters. The summed E-state index contributed by atoms with van der Waals surface area (Å²) in [6.07, 6.45) is -4.38. The maximum absolute atomic E-state index is 12.9. The lowest BCUT2D eigenvalue weighted by Crippen LogP contribution is -2.50. The quantitative estimate of drug-likeness (QED) is 0.805. The van der Waals surface area contributed by atoms with Crippen LogP contribution >= 0.6 is 0 Å². The first-order valence-electron chi connectivity index (χ1n) is 8.70. The fourth-order valence-corrected chi connectivity index (χ4v) is 2.98. The number of piperazine rings is 1. The van der Waals surface area contributed by atoms with Crippen LogP contribution in [0.15, 0.2) is 48.5 Å². The largest absolute Gasteiger partial charge is 0.484 e. The number of nitriles is 1. The monoisotopic (exact) mass is 389 g/mol. The Morgan fingerprint density at radius 1 is 1.07 bits per heavy atom. The van der Waals surface area contributed by atoms with E-state index in [0.717, 1.165) is 12.1 Å². The van der Waals surface area contributed by atoms with Gasteiger partial charge in [-0.2, -0.15) is 18.4 Å². The van der Waals surface area contributed by atoms with Gasteiger partial charge in [-0.25, -0.2) is 0 Å². The average molecular weight is 389 g/mol. The fourth-order valence-electron chi connectivity index (χ4n) is 2.98. The van der Waals surface area contributed by atoms with E-state index >= 15 is 0 Å². The van der Waals surface area contributed by atoms with Crippen LogP contribution in [0, 0.1) is 11.3 Å². The first kappa shape index (κ1) is 19.5. The van der Waals surface area contributed by atoms with Gasteiger partial charge >= 0.3 is 6.18 Å². The van der Waals surface area contributed by atoms with Crippen LogP contribution in [0.25, 0.3) is 0 Å². The summed E-state index contributed by atoms with van der Waals surface area (Å²) in [7, 11) is 0. The van der Waals surface area contributed by atoms with E-state index in [-0.39, 0.29) is 12.5 Å². The number of hydrogen-bond acceptors (Lipinski definition) is 4. The second kappa shape index (κ2) is 8.21. The molecular weight excluding hydrogens is 371 g/mol. The second-order valence-corrected chi connectivity index (χ2v) is 6.34. The molecule has 0 aliphatic carbocycles. The Morgan fingerprint density at radius 2 is 1.79 bits per heavy atom. The van der Waals surface area contributed by atoms with E-state index in [2.05, 4.69) is 0 Å². The average Bonchev–Trinajstić information content (AvgIpc) is 2.72. The van der Waals surface area contributed by atoms with Gasteiger partial charge < -0.3 is 14.5 Å². The molecule has 8 heteroatoms. The number of anilines is 1. The third kappa shape index (κ3) is 4.74. The zero-order valence-electron chi connectivity index (χ0n) is 14.9. The zero-order valence-corrected chi connectivity index (χ0v) is 14.9. The number of amides is 1. The summed E-state index contributed by atoms with van der Waals surface area (Å²) in [5.41, 5.74) is 0.252. The summed E-state index contributed by atoms with van der Waals surface area (Å²) in [5.74, 6) is 0.237. The first-order valence-corrected chi connectivity index (χ1v) is 8.70. The molecule has 2 aromatic carbocycles. The van der Waals surface area contributed by atoms with Crippen LogP contribution in [0.4, 0.5) is 18.9 Å². The highest BCUT2D eigenvalue weighted by Gasteiger charge is 2.31. The van der Waals surface area contributed by atoms with Crippen LogP contribution in [0.3, 0.4) is 0 Å². The Kier molecular flexibility index (Phi) is 5.73. The normalized spacial score (nSPS) is 14.5. The van der Waals surface area contributed by atoms with E-state index in [1.807, 2.05) is 11.0 Å². The van der Waals surface area contributed by atoms with Gasteiger partial charge in [0.05, 0.1) is 17.2 Å². The Morgan fingerprint density at radius 3 is 2.46 bits per heavy atom. The molecule has 1 heterocycles. The van der Waals surface area contributed by atoms with Crippen LogP contribution < -0.4 is 9.64 Å². The molecular formula is C20H18F3N3O2.